The molecule has 1 atom stereocenters. The molecule has 174 valence electrons. The van der Waals surface area contributed by atoms with Crippen molar-refractivity contribution in [3.8, 4) is 22.5 Å². The quantitative estimate of drug-likeness (QED) is 0.349. The summed E-state index contributed by atoms with van der Waals surface area (Å²) in [5.74, 6) is -0.465. The van der Waals surface area contributed by atoms with Crippen molar-refractivity contribution < 1.29 is 48.9 Å². The molecule has 0 saturated heterocycles. The molecule has 0 amide bonds. The summed E-state index contributed by atoms with van der Waals surface area (Å²) in [6.07, 6.45) is 1.58. The van der Waals surface area contributed by atoms with Gasteiger partial charge in [0.05, 0.1) is 49.5 Å². The summed E-state index contributed by atoms with van der Waals surface area (Å²) in [6, 6.07) is 20.3. The van der Waals surface area contributed by atoms with E-state index in [9.17, 15) is 9.90 Å². The zero-order valence-electron chi connectivity index (χ0n) is 20.3. The minimum Gasteiger partial charge on any atom is -0.548 e. The van der Waals surface area contributed by atoms with Crippen LogP contribution in [0, 0.1) is 0 Å². The first-order chi connectivity index (χ1) is 16.0. The van der Waals surface area contributed by atoms with Crippen LogP contribution in [0.2, 0.25) is 0 Å². The van der Waals surface area contributed by atoms with E-state index in [4.69, 9.17) is 19.4 Å². The Bertz CT molecular complexity index is 1020. The van der Waals surface area contributed by atoms with Gasteiger partial charge in [-0.1, -0.05) is 60.7 Å². The van der Waals surface area contributed by atoms with Gasteiger partial charge in [0, 0.05) is 23.7 Å². The number of carboxylic acid groups (broad SMARTS) is 1. The van der Waals surface area contributed by atoms with Crippen LogP contribution in [-0.2, 0) is 14.3 Å². The number of anilines is 1. The van der Waals surface area contributed by atoms with Crippen LogP contribution in [0.15, 0.2) is 66.9 Å². The molecular weight excluding hydrogens is 441 g/mol. The Balaban J connectivity index is 0.00000408. The summed E-state index contributed by atoms with van der Waals surface area (Å²) in [6.45, 7) is 6.85. The summed E-state index contributed by atoms with van der Waals surface area (Å²) in [7, 11) is 0. The first-order valence-electron chi connectivity index (χ1n) is 11.1. The summed E-state index contributed by atoms with van der Waals surface area (Å²) in [5, 5.41) is 10.5. The first kappa shape index (κ1) is 28.0. The molecule has 0 saturated carbocycles. The topological polar surface area (TPSA) is 87.6 Å². The Morgan fingerprint density at radius 2 is 1.56 bits per heavy atom. The molecule has 0 unspecified atom stereocenters. The summed E-state index contributed by atoms with van der Waals surface area (Å²) in [5.41, 5.74) is 3.68. The molecule has 0 spiro atoms. The van der Waals surface area contributed by atoms with Crippen molar-refractivity contribution in [2.24, 2.45) is 0 Å². The third-order valence-electron chi connectivity index (χ3n) is 5.08. The number of carbonyl (C=O) groups is 1. The summed E-state index contributed by atoms with van der Waals surface area (Å²) < 4.78 is 10.8. The van der Waals surface area contributed by atoms with Gasteiger partial charge in [0.1, 0.15) is 5.82 Å². The molecule has 0 radical (unpaired) electrons. The number of ether oxygens (including phenoxy) is 2. The van der Waals surface area contributed by atoms with Crippen LogP contribution in [-0.4, -0.2) is 54.4 Å². The Kier molecular flexibility index (Phi) is 11.7. The zero-order valence-corrected chi connectivity index (χ0v) is 22.3. The Labute approximate surface area is 223 Å². The Morgan fingerprint density at radius 3 is 2.12 bits per heavy atom. The van der Waals surface area contributed by atoms with Crippen molar-refractivity contribution in [3.63, 3.8) is 0 Å². The third-order valence-corrected chi connectivity index (χ3v) is 5.08. The summed E-state index contributed by atoms with van der Waals surface area (Å²) in [4.78, 5) is 22.4. The molecule has 34 heavy (non-hydrogen) atoms. The van der Waals surface area contributed by atoms with Crippen LogP contribution in [0.1, 0.15) is 20.8 Å². The van der Waals surface area contributed by atoms with E-state index in [-0.39, 0.29) is 48.3 Å². The van der Waals surface area contributed by atoms with Gasteiger partial charge in [-0.2, -0.15) is 0 Å². The predicted octanol–water partition coefficient (Wildman–Crippen LogP) is 0.201. The standard InChI is InChI=1S/C26H31N3O4.Na/c1-19(2)29(14-15-33-20(3)17-32-18-24(30)31)23-16-27-25(21-10-6-4-7-11-21)26(28-23)22-12-8-5-9-13-22;/h4-13,16,19-20H,14-15,17-18H2,1-3H3,(H,30,31);/q;+1/p-1/t20-;/m0./s1. The van der Waals surface area contributed by atoms with Gasteiger partial charge < -0.3 is 24.3 Å². The third kappa shape index (κ3) is 8.18. The monoisotopic (exact) mass is 471 g/mol. The van der Waals surface area contributed by atoms with Gasteiger partial charge in [-0.15, -0.1) is 0 Å². The van der Waals surface area contributed by atoms with Gasteiger partial charge in [0.25, 0.3) is 0 Å². The molecule has 0 N–H and O–H groups in total. The molecule has 0 aliphatic heterocycles. The number of hydrogen-bond acceptors (Lipinski definition) is 7. The largest absolute Gasteiger partial charge is 1.00 e. The van der Waals surface area contributed by atoms with E-state index in [0.717, 1.165) is 28.3 Å². The van der Waals surface area contributed by atoms with Crippen molar-refractivity contribution in [1.82, 2.24) is 9.97 Å². The fourth-order valence-electron chi connectivity index (χ4n) is 3.47. The van der Waals surface area contributed by atoms with Crippen molar-refractivity contribution in [3.05, 3.63) is 66.9 Å². The van der Waals surface area contributed by atoms with Crippen molar-refractivity contribution in [2.75, 3.05) is 31.3 Å². The molecule has 0 bridgehead atoms. The van der Waals surface area contributed by atoms with Crippen LogP contribution in [0.25, 0.3) is 22.5 Å². The number of carboxylic acids is 1. The maximum absolute atomic E-state index is 10.5. The number of benzene rings is 2. The molecule has 0 fully saturated rings. The molecule has 0 aliphatic rings. The SMILES string of the molecule is CC(C)N(CCO[C@@H](C)COCC(=O)[O-])c1cnc(-c2ccccc2)c(-c2ccccc2)n1.[Na+]. The zero-order chi connectivity index (χ0) is 23.6. The minimum absolute atomic E-state index is 0. The second-order valence-electron chi connectivity index (χ2n) is 8.01. The van der Waals surface area contributed by atoms with Gasteiger partial charge in [0.15, 0.2) is 0 Å². The maximum atomic E-state index is 10.5. The second-order valence-corrected chi connectivity index (χ2v) is 8.01. The number of aliphatic carboxylic acids is 1. The van der Waals surface area contributed by atoms with E-state index in [1.807, 2.05) is 67.6 Å². The van der Waals surface area contributed by atoms with Gasteiger partial charge in [-0.25, -0.2) is 4.98 Å². The number of rotatable bonds is 12. The molecule has 1 heterocycles. The number of hydrogen-bond donors (Lipinski definition) is 0. The maximum Gasteiger partial charge on any atom is 1.00 e. The van der Waals surface area contributed by atoms with Gasteiger partial charge in [-0.05, 0) is 20.8 Å². The van der Waals surface area contributed by atoms with E-state index in [1.165, 1.54) is 0 Å². The van der Waals surface area contributed by atoms with Crippen molar-refractivity contribution >= 4 is 11.8 Å². The number of nitrogens with zero attached hydrogens (tertiary/aromatic N) is 3. The molecule has 3 rings (SSSR count). The normalized spacial score (nSPS) is 11.6. The van der Waals surface area contributed by atoms with Gasteiger partial charge in [0.2, 0.25) is 0 Å². The smallest absolute Gasteiger partial charge is 0.548 e. The fourth-order valence-corrected chi connectivity index (χ4v) is 3.47. The summed E-state index contributed by atoms with van der Waals surface area (Å²) >= 11 is 0. The van der Waals surface area contributed by atoms with Crippen molar-refractivity contribution in [1.29, 1.82) is 0 Å². The van der Waals surface area contributed by atoms with Crippen LogP contribution >= 0.6 is 0 Å². The minimum atomic E-state index is -1.24. The molecular formula is C26H30N3NaO4. The van der Waals surface area contributed by atoms with Crippen LogP contribution in [0.5, 0.6) is 0 Å². The van der Waals surface area contributed by atoms with Crippen LogP contribution in [0.4, 0.5) is 5.82 Å². The fraction of sp³-hybridized carbons (Fsp3) is 0.346. The van der Waals surface area contributed by atoms with Crippen LogP contribution < -0.4 is 39.6 Å². The van der Waals surface area contributed by atoms with Crippen LogP contribution in [0.3, 0.4) is 0 Å². The molecule has 1 aromatic heterocycles. The van der Waals surface area contributed by atoms with E-state index in [0.29, 0.717) is 13.2 Å². The van der Waals surface area contributed by atoms with E-state index < -0.39 is 12.6 Å². The van der Waals surface area contributed by atoms with Gasteiger partial charge >= 0.3 is 29.6 Å². The number of carbonyl (C=O) groups excluding carboxylic acids is 1. The first-order valence-corrected chi connectivity index (χ1v) is 11.1. The molecule has 8 heteroatoms. The molecule has 0 aliphatic carbocycles. The molecule has 2 aromatic carbocycles. The van der Waals surface area contributed by atoms with E-state index in [2.05, 4.69) is 18.7 Å². The second kappa shape index (κ2) is 14.2. The van der Waals surface area contributed by atoms with E-state index in [1.54, 1.807) is 6.20 Å². The average Bonchev–Trinajstić information content (AvgIpc) is 2.82. The van der Waals surface area contributed by atoms with Gasteiger partial charge in [-0.3, -0.25) is 4.98 Å². The predicted molar refractivity (Wildman–Crippen MR) is 127 cm³/mol. The van der Waals surface area contributed by atoms with Crippen molar-refractivity contribution in [2.45, 2.75) is 32.9 Å². The molecule has 7 nitrogen and oxygen atoms in total. The Hall–Kier alpha value is -2.29. The van der Waals surface area contributed by atoms with E-state index >= 15 is 0 Å². The number of aromatic nitrogens is 2. The average molecular weight is 472 g/mol. The molecule has 3 aromatic rings. The Morgan fingerprint density at radius 1 is 0.971 bits per heavy atom.